The number of hydrogen-bond acceptors (Lipinski definition) is 5. The van der Waals surface area contributed by atoms with Crippen molar-refractivity contribution in [3.63, 3.8) is 0 Å². The van der Waals surface area contributed by atoms with Crippen molar-refractivity contribution in [1.82, 2.24) is 10.6 Å². The molecule has 0 heterocycles. The quantitative estimate of drug-likeness (QED) is 0.383. The van der Waals surface area contributed by atoms with Crippen LogP contribution in [0.2, 0.25) is 0 Å². The number of nitriles is 1. The molecule has 0 radical (unpaired) electrons. The van der Waals surface area contributed by atoms with Crippen molar-refractivity contribution in [2.45, 2.75) is 32.1 Å². The minimum Gasteiger partial charge on any atom is -0.395 e. The first-order valence-corrected chi connectivity index (χ1v) is 9.18. The molecule has 3 aromatic carbocycles. The van der Waals surface area contributed by atoms with Gasteiger partial charge >= 0.3 is 0 Å². The standard InChI is InChI=1S/C22H25N3O2/c1-14(12-26)24-22(25-15(2)13-27)21-18-9-5-3-7-16(18)20(11-23)17-8-4-6-10-19(17)21/h3-10,14-15,22,24-27H,12-13H2,1-2H3. The molecule has 0 spiro atoms. The monoisotopic (exact) mass is 363 g/mol. The summed E-state index contributed by atoms with van der Waals surface area (Å²) in [5.74, 6) is 0. The van der Waals surface area contributed by atoms with E-state index in [1.807, 2.05) is 62.4 Å². The van der Waals surface area contributed by atoms with Crippen LogP contribution in [0.25, 0.3) is 21.5 Å². The van der Waals surface area contributed by atoms with Crippen molar-refractivity contribution in [2.75, 3.05) is 13.2 Å². The third-order valence-corrected chi connectivity index (χ3v) is 4.82. The summed E-state index contributed by atoms with van der Waals surface area (Å²) in [6.07, 6.45) is -0.295. The number of aliphatic hydroxyl groups is 2. The van der Waals surface area contributed by atoms with Gasteiger partial charge in [0.2, 0.25) is 0 Å². The lowest BCUT2D eigenvalue weighted by Crippen LogP contribution is -2.45. The van der Waals surface area contributed by atoms with Crippen LogP contribution < -0.4 is 10.6 Å². The SMILES string of the molecule is CC(CO)NC(NC(C)CO)c1c2ccccc2c(C#N)c2ccccc12. The van der Waals surface area contributed by atoms with E-state index >= 15 is 0 Å². The van der Waals surface area contributed by atoms with E-state index in [4.69, 9.17) is 0 Å². The van der Waals surface area contributed by atoms with Gasteiger partial charge in [-0.05, 0) is 30.2 Å². The van der Waals surface area contributed by atoms with Crippen LogP contribution in [0.5, 0.6) is 0 Å². The molecule has 0 saturated heterocycles. The van der Waals surface area contributed by atoms with Gasteiger partial charge in [-0.1, -0.05) is 48.5 Å². The van der Waals surface area contributed by atoms with Crippen LogP contribution >= 0.6 is 0 Å². The van der Waals surface area contributed by atoms with Crippen LogP contribution in [0.1, 0.15) is 31.1 Å². The molecule has 0 aliphatic rings. The Hall–Kier alpha value is -2.49. The van der Waals surface area contributed by atoms with E-state index in [1.54, 1.807) is 0 Å². The normalized spacial score (nSPS) is 14.8. The summed E-state index contributed by atoms with van der Waals surface area (Å²) in [6.45, 7) is 3.81. The molecule has 0 aromatic heterocycles. The number of benzene rings is 3. The van der Waals surface area contributed by atoms with Crippen molar-refractivity contribution in [2.24, 2.45) is 0 Å². The number of rotatable bonds is 7. The number of nitrogens with zero attached hydrogens (tertiary/aromatic N) is 1. The summed E-state index contributed by atoms with van der Waals surface area (Å²) >= 11 is 0. The summed E-state index contributed by atoms with van der Waals surface area (Å²) in [7, 11) is 0. The zero-order chi connectivity index (χ0) is 19.4. The molecule has 2 atom stereocenters. The highest BCUT2D eigenvalue weighted by atomic mass is 16.3. The van der Waals surface area contributed by atoms with Gasteiger partial charge in [-0.15, -0.1) is 0 Å². The maximum Gasteiger partial charge on any atom is 0.100 e. The van der Waals surface area contributed by atoms with Crippen molar-refractivity contribution < 1.29 is 10.2 Å². The van der Waals surface area contributed by atoms with Gasteiger partial charge in [-0.2, -0.15) is 5.26 Å². The van der Waals surface area contributed by atoms with Gasteiger partial charge in [-0.3, -0.25) is 10.6 Å². The number of nitrogens with one attached hydrogen (secondary N) is 2. The summed E-state index contributed by atoms with van der Waals surface area (Å²) in [5.41, 5.74) is 1.68. The van der Waals surface area contributed by atoms with E-state index < -0.39 is 0 Å². The molecule has 0 fully saturated rings. The molecule has 0 amide bonds. The third kappa shape index (κ3) is 3.80. The van der Waals surface area contributed by atoms with Gasteiger partial charge in [0.15, 0.2) is 0 Å². The van der Waals surface area contributed by atoms with Crippen molar-refractivity contribution in [3.05, 3.63) is 59.7 Å². The van der Waals surface area contributed by atoms with E-state index in [0.29, 0.717) is 5.56 Å². The third-order valence-electron chi connectivity index (χ3n) is 4.82. The zero-order valence-corrected chi connectivity index (χ0v) is 15.6. The maximum atomic E-state index is 9.78. The van der Waals surface area contributed by atoms with E-state index in [-0.39, 0.29) is 31.5 Å². The molecule has 2 unspecified atom stereocenters. The summed E-state index contributed by atoms with van der Waals surface area (Å²) in [6, 6.07) is 17.8. The highest BCUT2D eigenvalue weighted by molar-refractivity contribution is 6.07. The molecule has 3 aromatic rings. The zero-order valence-electron chi connectivity index (χ0n) is 15.6. The Morgan fingerprint density at radius 1 is 0.815 bits per heavy atom. The fraction of sp³-hybridized carbons (Fsp3) is 0.318. The van der Waals surface area contributed by atoms with Crippen LogP contribution in [-0.2, 0) is 0 Å². The first-order chi connectivity index (χ1) is 13.1. The van der Waals surface area contributed by atoms with Crippen LogP contribution in [0.4, 0.5) is 0 Å². The van der Waals surface area contributed by atoms with Gasteiger partial charge in [0.25, 0.3) is 0 Å². The average Bonchev–Trinajstić information content (AvgIpc) is 2.71. The van der Waals surface area contributed by atoms with Crippen molar-refractivity contribution in [3.8, 4) is 6.07 Å². The van der Waals surface area contributed by atoms with E-state index in [2.05, 4.69) is 16.7 Å². The predicted molar refractivity (Wildman–Crippen MR) is 108 cm³/mol. The van der Waals surface area contributed by atoms with Gasteiger partial charge in [0.1, 0.15) is 6.07 Å². The molecule has 27 heavy (non-hydrogen) atoms. The fourth-order valence-corrected chi connectivity index (χ4v) is 3.48. The molecule has 0 aliphatic carbocycles. The van der Waals surface area contributed by atoms with E-state index in [9.17, 15) is 15.5 Å². The highest BCUT2D eigenvalue weighted by Gasteiger charge is 2.22. The Labute approximate surface area is 159 Å². The molecular weight excluding hydrogens is 338 g/mol. The van der Waals surface area contributed by atoms with Crippen LogP contribution in [0.3, 0.4) is 0 Å². The molecule has 0 saturated carbocycles. The Bertz CT molecular complexity index is 911. The smallest absolute Gasteiger partial charge is 0.100 e. The summed E-state index contributed by atoms with van der Waals surface area (Å²) in [4.78, 5) is 0. The minimum absolute atomic E-state index is 0.00215. The molecule has 4 N–H and O–H groups in total. The lowest BCUT2D eigenvalue weighted by molar-refractivity contribution is 0.206. The lowest BCUT2D eigenvalue weighted by Gasteiger charge is -2.29. The topological polar surface area (TPSA) is 88.3 Å². The molecule has 5 nitrogen and oxygen atoms in total. The maximum absolute atomic E-state index is 9.78. The largest absolute Gasteiger partial charge is 0.395 e. The van der Waals surface area contributed by atoms with Crippen molar-refractivity contribution >= 4 is 21.5 Å². The van der Waals surface area contributed by atoms with E-state index in [0.717, 1.165) is 27.1 Å². The fourth-order valence-electron chi connectivity index (χ4n) is 3.48. The molecule has 140 valence electrons. The second-order valence-corrected chi connectivity index (χ2v) is 6.93. The molecule has 5 heteroatoms. The molecule has 0 bridgehead atoms. The van der Waals surface area contributed by atoms with Crippen LogP contribution in [-0.4, -0.2) is 35.5 Å². The van der Waals surface area contributed by atoms with Crippen LogP contribution in [0.15, 0.2) is 48.5 Å². The average molecular weight is 363 g/mol. The highest BCUT2D eigenvalue weighted by Crippen LogP contribution is 2.35. The van der Waals surface area contributed by atoms with Gasteiger partial charge in [0.05, 0.1) is 24.9 Å². The van der Waals surface area contributed by atoms with Crippen molar-refractivity contribution in [1.29, 1.82) is 5.26 Å². The van der Waals surface area contributed by atoms with Gasteiger partial charge in [0, 0.05) is 22.9 Å². The number of fused-ring (bicyclic) bond motifs is 2. The molecule has 0 aliphatic heterocycles. The summed E-state index contributed by atoms with van der Waals surface area (Å²) < 4.78 is 0. The second kappa shape index (κ2) is 8.47. The summed E-state index contributed by atoms with van der Waals surface area (Å²) in [5, 5.41) is 39.5. The number of aliphatic hydroxyl groups excluding tert-OH is 2. The Morgan fingerprint density at radius 3 is 1.59 bits per heavy atom. The molecular formula is C22H25N3O2. The predicted octanol–water partition coefficient (Wildman–Crippen LogP) is 2.80. The first-order valence-electron chi connectivity index (χ1n) is 9.18. The Morgan fingerprint density at radius 2 is 1.22 bits per heavy atom. The second-order valence-electron chi connectivity index (χ2n) is 6.93. The van der Waals surface area contributed by atoms with Gasteiger partial charge in [-0.25, -0.2) is 0 Å². The van der Waals surface area contributed by atoms with Crippen LogP contribution in [0, 0.1) is 11.3 Å². The number of hydrogen-bond donors (Lipinski definition) is 4. The Kier molecular flexibility index (Phi) is 6.04. The minimum atomic E-state index is -0.295. The molecule has 3 rings (SSSR count). The van der Waals surface area contributed by atoms with Gasteiger partial charge < -0.3 is 10.2 Å². The lowest BCUT2D eigenvalue weighted by atomic mass is 9.90. The van der Waals surface area contributed by atoms with E-state index in [1.165, 1.54) is 0 Å². The Balaban J connectivity index is 2.33. The first kappa shape index (κ1) is 19.3.